The average Bonchev–Trinajstić information content (AvgIpc) is 2.73. The standard InChI is InChI=1S/C21H22N4O4S/c1-2-3-13-22-20(27)16-8-10-17(11-9-16)23-21(30)24-19(26)12-7-15-5-4-6-18(14-15)25(28)29/h4-12,14H,2-3,13H2,1H3,(H,22,27)(H2,23,24,26,30)/b12-7+. The molecule has 2 aromatic carbocycles. The zero-order chi connectivity index (χ0) is 21.9. The molecule has 0 atom stereocenters. The second-order valence-electron chi connectivity index (χ2n) is 6.32. The van der Waals surface area contributed by atoms with Crippen molar-refractivity contribution < 1.29 is 14.5 Å². The normalized spacial score (nSPS) is 10.4. The predicted octanol–water partition coefficient (Wildman–Crippen LogP) is 3.65. The van der Waals surface area contributed by atoms with Gasteiger partial charge in [0, 0.05) is 36.0 Å². The molecule has 0 aliphatic heterocycles. The summed E-state index contributed by atoms with van der Waals surface area (Å²) < 4.78 is 0. The van der Waals surface area contributed by atoms with E-state index < -0.39 is 10.8 Å². The number of nitrogens with one attached hydrogen (secondary N) is 3. The van der Waals surface area contributed by atoms with Crippen LogP contribution in [-0.4, -0.2) is 28.4 Å². The lowest BCUT2D eigenvalue weighted by Crippen LogP contribution is -2.32. The molecule has 30 heavy (non-hydrogen) atoms. The highest BCUT2D eigenvalue weighted by atomic mass is 32.1. The van der Waals surface area contributed by atoms with E-state index in [2.05, 4.69) is 22.9 Å². The number of nitrogens with zero attached hydrogens (tertiary/aromatic N) is 1. The number of carbonyl (C=O) groups excluding carboxylic acids is 2. The van der Waals surface area contributed by atoms with Crippen LogP contribution in [0.15, 0.2) is 54.6 Å². The van der Waals surface area contributed by atoms with E-state index in [1.165, 1.54) is 30.4 Å². The van der Waals surface area contributed by atoms with Gasteiger partial charge in [-0.1, -0.05) is 25.5 Å². The van der Waals surface area contributed by atoms with Crippen molar-refractivity contribution in [2.24, 2.45) is 0 Å². The molecule has 0 bridgehead atoms. The van der Waals surface area contributed by atoms with E-state index in [1.807, 2.05) is 0 Å². The molecule has 2 aromatic rings. The molecule has 0 heterocycles. The number of non-ortho nitro benzene ring substituents is 1. The number of anilines is 1. The van der Waals surface area contributed by atoms with E-state index in [0.717, 1.165) is 12.8 Å². The fourth-order valence-electron chi connectivity index (χ4n) is 2.42. The SMILES string of the molecule is CCCCNC(=O)c1ccc(NC(=S)NC(=O)/C=C/c2cccc([N+](=O)[O-])c2)cc1. The van der Waals surface area contributed by atoms with Gasteiger partial charge in [0.2, 0.25) is 5.91 Å². The summed E-state index contributed by atoms with van der Waals surface area (Å²) in [5.41, 5.74) is 1.61. The molecule has 0 saturated carbocycles. The fourth-order valence-corrected chi connectivity index (χ4v) is 2.63. The van der Waals surface area contributed by atoms with Gasteiger partial charge in [-0.05, 0) is 54.5 Å². The van der Waals surface area contributed by atoms with Crippen LogP contribution in [-0.2, 0) is 4.79 Å². The Balaban J connectivity index is 1.86. The molecule has 0 aliphatic rings. The van der Waals surface area contributed by atoms with Crippen LogP contribution in [0.25, 0.3) is 6.08 Å². The van der Waals surface area contributed by atoms with Gasteiger partial charge < -0.3 is 10.6 Å². The van der Waals surface area contributed by atoms with Crippen molar-refractivity contribution in [3.05, 3.63) is 75.8 Å². The monoisotopic (exact) mass is 426 g/mol. The van der Waals surface area contributed by atoms with E-state index in [0.29, 0.717) is 23.4 Å². The van der Waals surface area contributed by atoms with E-state index in [1.54, 1.807) is 30.3 Å². The van der Waals surface area contributed by atoms with Crippen molar-refractivity contribution in [3.8, 4) is 0 Å². The highest BCUT2D eigenvalue weighted by molar-refractivity contribution is 7.80. The van der Waals surface area contributed by atoms with Crippen molar-refractivity contribution in [2.45, 2.75) is 19.8 Å². The molecule has 0 saturated heterocycles. The molecule has 0 spiro atoms. The van der Waals surface area contributed by atoms with Crippen molar-refractivity contribution in [1.82, 2.24) is 10.6 Å². The molecule has 0 unspecified atom stereocenters. The average molecular weight is 426 g/mol. The number of thiocarbonyl (C=S) groups is 1. The Morgan fingerprint density at radius 1 is 1.17 bits per heavy atom. The summed E-state index contributed by atoms with van der Waals surface area (Å²) in [7, 11) is 0. The molecule has 2 amide bonds. The van der Waals surface area contributed by atoms with Crippen LogP contribution in [0.5, 0.6) is 0 Å². The lowest BCUT2D eigenvalue weighted by atomic mass is 10.2. The van der Waals surface area contributed by atoms with E-state index in [-0.39, 0.29) is 16.7 Å². The zero-order valence-corrected chi connectivity index (χ0v) is 17.2. The largest absolute Gasteiger partial charge is 0.352 e. The van der Waals surface area contributed by atoms with Gasteiger partial charge in [0.15, 0.2) is 5.11 Å². The summed E-state index contributed by atoms with van der Waals surface area (Å²) in [6.07, 6.45) is 4.62. The van der Waals surface area contributed by atoms with E-state index in [4.69, 9.17) is 12.2 Å². The number of unbranched alkanes of at least 4 members (excludes halogenated alkanes) is 1. The molecular formula is C21H22N4O4S. The molecule has 3 N–H and O–H groups in total. The van der Waals surface area contributed by atoms with Crippen LogP contribution in [0.1, 0.15) is 35.7 Å². The number of hydrogen-bond acceptors (Lipinski definition) is 5. The van der Waals surface area contributed by atoms with Gasteiger partial charge in [0.1, 0.15) is 0 Å². The first-order chi connectivity index (χ1) is 14.4. The second-order valence-corrected chi connectivity index (χ2v) is 6.72. The van der Waals surface area contributed by atoms with Crippen LogP contribution in [0, 0.1) is 10.1 Å². The Bertz CT molecular complexity index is 958. The van der Waals surface area contributed by atoms with Gasteiger partial charge in [0.25, 0.3) is 11.6 Å². The van der Waals surface area contributed by atoms with Crippen molar-refractivity contribution in [1.29, 1.82) is 0 Å². The highest BCUT2D eigenvalue weighted by Gasteiger charge is 2.07. The Hall–Kier alpha value is -3.59. The quantitative estimate of drug-likeness (QED) is 0.195. The van der Waals surface area contributed by atoms with Crippen LogP contribution in [0.3, 0.4) is 0 Å². The molecule has 0 fully saturated rings. The summed E-state index contributed by atoms with van der Waals surface area (Å²) in [4.78, 5) is 34.3. The zero-order valence-electron chi connectivity index (χ0n) is 16.4. The van der Waals surface area contributed by atoms with Crippen LogP contribution < -0.4 is 16.0 Å². The van der Waals surface area contributed by atoms with Gasteiger partial charge in [-0.15, -0.1) is 0 Å². The van der Waals surface area contributed by atoms with Crippen molar-refractivity contribution in [2.75, 3.05) is 11.9 Å². The van der Waals surface area contributed by atoms with Gasteiger partial charge in [-0.3, -0.25) is 25.0 Å². The summed E-state index contributed by atoms with van der Waals surface area (Å²) in [6, 6.07) is 12.6. The van der Waals surface area contributed by atoms with E-state index in [9.17, 15) is 19.7 Å². The molecule has 9 heteroatoms. The maximum absolute atomic E-state index is 12.0. The first kappa shape index (κ1) is 22.7. The Kier molecular flexibility index (Phi) is 8.64. The molecule has 0 aliphatic carbocycles. The van der Waals surface area contributed by atoms with Crippen molar-refractivity contribution >= 4 is 46.6 Å². The molecule has 156 valence electrons. The first-order valence-electron chi connectivity index (χ1n) is 9.32. The second kappa shape index (κ2) is 11.4. The molecule has 0 radical (unpaired) electrons. The number of benzene rings is 2. The van der Waals surface area contributed by atoms with Gasteiger partial charge >= 0.3 is 0 Å². The van der Waals surface area contributed by atoms with Gasteiger partial charge in [-0.25, -0.2) is 0 Å². The molecule has 8 nitrogen and oxygen atoms in total. The highest BCUT2D eigenvalue weighted by Crippen LogP contribution is 2.14. The van der Waals surface area contributed by atoms with Crippen LogP contribution in [0.4, 0.5) is 11.4 Å². The summed E-state index contributed by atoms with van der Waals surface area (Å²) in [6.45, 7) is 2.69. The van der Waals surface area contributed by atoms with Crippen molar-refractivity contribution in [3.63, 3.8) is 0 Å². The maximum atomic E-state index is 12.0. The van der Waals surface area contributed by atoms with Crippen LogP contribution >= 0.6 is 12.2 Å². The maximum Gasteiger partial charge on any atom is 0.270 e. The summed E-state index contributed by atoms with van der Waals surface area (Å²) in [5, 5.41) is 19.1. The van der Waals surface area contributed by atoms with Crippen LogP contribution in [0.2, 0.25) is 0 Å². The minimum absolute atomic E-state index is 0.0581. The lowest BCUT2D eigenvalue weighted by Gasteiger charge is -2.09. The van der Waals surface area contributed by atoms with E-state index >= 15 is 0 Å². The molecule has 0 aromatic heterocycles. The number of carbonyl (C=O) groups is 2. The number of rotatable bonds is 8. The Labute approximate surface area is 179 Å². The Morgan fingerprint density at radius 3 is 2.57 bits per heavy atom. The third kappa shape index (κ3) is 7.44. The number of nitro benzene ring substituents is 1. The minimum Gasteiger partial charge on any atom is -0.352 e. The lowest BCUT2D eigenvalue weighted by molar-refractivity contribution is -0.384. The number of amides is 2. The Morgan fingerprint density at radius 2 is 1.90 bits per heavy atom. The predicted molar refractivity (Wildman–Crippen MR) is 120 cm³/mol. The number of hydrogen-bond donors (Lipinski definition) is 3. The fraction of sp³-hybridized carbons (Fsp3) is 0.190. The summed E-state index contributed by atoms with van der Waals surface area (Å²) in [5.74, 6) is -0.622. The molecule has 2 rings (SSSR count). The van der Waals surface area contributed by atoms with Gasteiger partial charge in [-0.2, -0.15) is 0 Å². The van der Waals surface area contributed by atoms with Gasteiger partial charge in [0.05, 0.1) is 4.92 Å². The third-order valence-electron chi connectivity index (χ3n) is 3.97. The molecular weight excluding hydrogens is 404 g/mol. The smallest absolute Gasteiger partial charge is 0.270 e. The number of nitro groups is 1. The first-order valence-corrected chi connectivity index (χ1v) is 9.72. The minimum atomic E-state index is -0.503. The summed E-state index contributed by atoms with van der Waals surface area (Å²) >= 11 is 5.11. The topological polar surface area (TPSA) is 113 Å². The third-order valence-corrected chi connectivity index (χ3v) is 4.17.